The molecule has 0 unspecified atom stereocenters. The second-order valence-corrected chi connectivity index (χ2v) is 15.3. The van der Waals surface area contributed by atoms with Crippen LogP contribution in [0.2, 0.25) is 0 Å². The largest absolute Gasteiger partial charge is 0.311 e. The van der Waals surface area contributed by atoms with E-state index in [-0.39, 0.29) is 5.41 Å². The van der Waals surface area contributed by atoms with Crippen LogP contribution in [0.5, 0.6) is 0 Å². The van der Waals surface area contributed by atoms with E-state index in [1.54, 1.807) is 0 Å². The van der Waals surface area contributed by atoms with Gasteiger partial charge in [0.25, 0.3) is 0 Å². The summed E-state index contributed by atoms with van der Waals surface area (Å²) in [5.74, 6) is 0. The molecule has 0 aromatic heterocycles. The second-order valence-electron chi connectivity index (χ2n) is 15.3. The van der Waals surface area contributed by atoms with E-state index in [1.807, 2.05) is 0 Å². The lowest BCUT2D eigenvalue weighted by Gasteiger charge is -2.26. The number of hydrogen-bond acceptors (Lipinski definition) is 1. The number of hydrogen-bond donors (Lipinski definition) is 0. The van der Waals surface area contributed by atoms with Crippen molar-refractivity contribution in [3.05, 3.63) is 223 Å². The lowest BCUT2D eigenvalue weighted by Crippen LogP contribution is -2.16. The molecule has 1 aliphatic rings. The number of rotatable bonds is 7. The summed E-state index contributed by atoms with van der Waals surface area (Å²) >= 11 is 0. The Bertz CT molecular complexity index is 2840. The molecule has 0 atom stereocenters. The Balaban J connectivity index is 1.01. The molecule has 0 fully saturated rings. The first-order valence-corrected chi connectivity index (χ1v) is 19.5. The van der Waals surface area contributed by atoms with Crippen LogP contribution in [0.3, 0.4) is 0 Å². The van der Waals surface area contributed by atoms with Crippen LogP contribution in [0, 0.1) is 0 Å². The molecular weight excluding hydrogens is 675 g/mol. The molecule has 0 aliphatic heterocycles. The van der Waals surface area contributed by atoms with E-state index >= 15 is 0 Å². The Labute approximate surface area is 329 Å². The van der Waals surface area contributed by atoms with Crippen LogP contribution in [0.4, 0.5) is 17.1 Å². The van der Waals surface area contributed by atoms with Crippen LogP contribution in [-0.4, -0.2) is 0 Å². The minimum atomic E-state index is -0.0734. The van der Waals surface area contributed by atoms with E-state index < -0.39 is 0 Å². The zero-order valence-corrected chi connectivity index (χ0v) is 31.7. The summed E-state index contributed by atoms with van der Waals surface area (Å²) in [6.07, 6.45) is 0. The van der Waals surface area contributed by atoms with E-state index in [4.69, 9.17) is 0 Å². The predicted molar refractivity (Wildman–Crippen MR) is 238 cm³/mol. The molecular formula is C55H41N. The van der Waals surface area contributed by atoms with Crippen molar-refractivity contribution in [1.82, 2.24) is 0 Å². The van der Waals surface area contributed by atoms with Crippen molar-refractivity contribution in [1.29, 1.82) is 0 Å². The monoisotopic (exact) mass is 715 g/mol. The predicted octanol–water partition coefficient (Wildman–Crippen LogP) is 15.3. The van der Waals surface area contributed by atoms with Crippen molar-refractivity contribution >= 4 is 27.8 Å². The molecule has 0 bridgehead atoms. The minimum Gasteiger partial charge on any atom is -0.311 e. The van der Waals surface area contributed by atoms with Crippen LogP contribution in [-0.2, 0) is 5.41 Å². The highest BCUT2D eigenvalue weighted by Gasteiger charge is 2.37. The molecule has 0 spiro atoms. The SMILES string of the molecule is CC1(C)c2ccccc2-c2cccc(-c3cccc(-c4ccc(N(c5ccc(-c6ccccc6)cc5)c5ccc(-c6cccc7ccccc67)cc5)cc4)c3)c21. The standard InChI is InChI=1S/C55H41N/c1-55(2)53-24-9-8-20-51(53)52-23-12-22-50(54(52)55)44-18-10-17-43(37-44)40-27-33-46(34-28-40)56(45-31-25-39(26-32-45)38-13-4-3-5-14-38)47-35-29-42(30-36-47)49-21-11-16-41-15-6-7-19-48(41)49/h3-37H,1-2H3. The van der Waals surface area contributed by atoms with Gasteiger partial charge in [0.15, 0.2) is 0 Å². The highest BCUT2D eigenvalue weighted by molar-refractivity contribution is 5.97. The number of fused-ring (bicyclic) bond motifs is 4. The van der Waals surface area contributed by atoms with E-state index in [2.05, 4.69) is 231 Å². The summed E-state index contributed by atoms with van der Waals surface area (Å²) in [5.41, 5.74) is 18.6. The number of benzene rings is 9. The first kappa shape index (κ1) is 33.6. The Hall–Kier alpha value is -6.96. The zero-order chi connectivity index (χ0) is 37.6. The molecule has 1 heteroatoms. The van der Waals surface area contributed by atoms with Crippen molar-refractivity contribution in [3.8, 4) is 55.6 Å². The van der Waals surface area contributed by atoms with Gasteiger partial charge in [0.2, 0.25) is 0 Å². The van der Waals surface area contributed by atoms with Gasteiger partial charge in [0.1, 0.15) is 0 Å². The van der Waals surface area contributed by atoms with Gasteiger partial charge in [-0.25, -0.2) is 0 Å². The van der Waals surface area contributed by atoms with Gasteiger partial charge in [-0.2, -0.15) is 0 Å². The Morgan fingerprint density at radius 2 is 0.786 bits per heavy atom. The van der Waals surface area contributed by atoms with Crippen molar-refractivity contribution < 1.29 is 0 Å². The summed E-state index contributed by atoms with van der Waals surface area (Å²) in [6, 6.07) is 77.4. The summed E-state index contributed by atoms with van der Waals surface area (Å²) in [6.45, 7) is 4.73. The lowest BCUT2D eigenvalue weighted by atomic mass is 9.78. The van der Waals surface area contributed by atoms with Gasteiger partial charge in [0, 0.05) is 22.5 Å². The van der Waals surface area contributed by atoms with Gasteiger partial charge >= 0.3 is 0 Å². The van der Waals surface area contributed by atoms with Gasteiger partial charge in [-0.05, 0) is 120 Å². The molecule has 0 saturated heterocycles. The molecule has 1 nitrogen and oxygen atoms in total. The molecule has 266 valence electrons. The first-order chi connectivity index (χ1) is 27.5. The van der Waals surface area contributed by atoms with Crippen molar-refractivity contribution in [2.24, 2.45) is 0 Å². The van der Waals surface area contributed by atoms with Crippen molar-refractivity contribution in [3.63, 3.8) is 0 Å². The average Bonchev–Trinajstić information content (AvgIpc) is 3.50. The third kappa shape index (κ3) is 5.81. The summed E-state index contributed by atoms with van der Waals surface area (Å²) in [7, 11) is 0. The molecule has 0 saturated carbocycles. The maximum atomic E-state index is 2.36. The van der Waals surface area contributed by atoms with Crippen LogP contribution in [0.1, 0.15) is 25.0 Å². The fourth-order valence-electron chi connectivity index (χ4n) is 8.91. The topological polar surface area (TPSA) is 3.24 Å². The maximum absolute atomic E-state index is 2.36. The molecule has 0 heterocycles. The smallest absolute Gasteiger partial charge is 0.0462 e. The normalized spacial score (nSPS) is 12.6. The highest BCUT2D eigenvalue weighted by atomic mass is 15.1. The van der Waals surface area contributed by atoms with E-state index in [9.17, 15) is 0 Å². The fourth-order valence-corrected chi connectivity index (χ4v) is 8.91. The van der Waals surface area contributed by atoms with E-state index in [0.29, 0.717) is 0 Å². The first-order valence-electron chi connectivity index (χ1n) is 19.5. The highest BCUT2D eigenvalue weighted by Crippen LogP contribution is 2.52. The van der Waals surface area contributed by atoms with Crippen LogP contribution in [0.25, 0.3) is 66.4 Å². The van der Waals surface area contributed by atoms with Gasteiger partial charge in [-0.1, -0.05) is 184 Å². The Morgan fingerprint density at radius 3 is 1.52 bits per heavy atom. The second kappa shape index (κ2) is 13.7. The van der Waals surface area contributed by atoms with Gasteiger partial charge in [-0.3, -0.25) is 0 Å². The molecule has 10 rings (SSSR count). The summed E-state index contributed by atoms with van der Waals surface area (Å²) < 4.78 is 0. The molecule has 56 heavy (non-hydrogen) atoms. The summed E-state index contributed by atoms with van der Waals surface area (Å²) in [4.78, 5) is 2.36. The molecule has 9 aromatic rings. The maximum Gasteiger partial charge on any atom is 0.0462 e. The van der Waals surface area contributed by atoms with Gasteiger partial charge in [0.05, 0.1) is 0 Å². The Morgan fingerprint density at radius 1 is 0.321 bits per heavy atom. The Kier molecular flexibility index (Phi) is 8.23. The van der Waals surface area contributed by atoms with Crippen molar-refractivity contribution in [2.45, 2.75) is 19.3 Å². The molecule has 0 N–H and O–H groups in total. The van der Waals surface area contributed by atoms with E-state index in [1.165, 1.54) is 77.5 Å². The average molecular weight is 716 g/mol. The molecule has 0 radical (unpaired) electrons. The zero-order valence-electron chi connectivity index (χ0n) is 31.7. The van der Waals surface area contributed by atoms with Gasteiger partial charge in [-0.15, -0.1) is 0 Å². The lowest BCUT2D eigenvalue weighted by molar-refractivity contribution is 0.662. The van der Waals surface area contributed by atoms with Crippen molar-refractivity contribution in [2.75, 3.05) is 4.90 Å². The quantitative estimate of drug-likeness (QED) is 0.159. The van der Waals surface area contributed by atoms with Gasteiger partial charge < -0.3 is 4.90 Å². The minimum absolute atomic E-state index is 0.0734. The van der Waals surface area contributed by atoms with E-state index in [0.717, 1.165) is 17.1 Å². The van der Waals surface area contributed by atoms with Crippen LogP contribution in [0.15, 0.2) is 212 Å². The third-order valence-electron chi connectivity index (χ3n) is 11.7. The molecule has 1 aliphatic carbocycles. The number of nitrogens with zero attached hydrogens (tertiary/aromatic N) is 1. The summed E-state index contributed by atoms with van der Waals surface area (Å²) in [5, 5.41) is 2.52. The van der Waals surface area contributed by atoms with Crippen LogP contribution < -0.4 is 4.90 Å². The third-order valence-corrected chi connectivity index (χ3v) is 11.7. The molecule has 0 amide bonds. The molecule has 9 aromatic carbocycles. The number of anilines is 3. The fraction of sp³-hybridized carbons (Fsp3) is 0.0545. The van der Waals surface area contributed by atoms with Crippen LogP contribution >= 0.6 is 0 Å².